The number of ether oxygens (including phenoxy) is 3. The summed E-state index contributed by atoms with van der Waals surface area (Å²) in [5.41, 5.74) is 6.91. The Morgan fingerprint density at radius 3 is 2.61 bits per heavy atom. The number of hydrogen-bond donors (Lipinski definition) is 3. The third kappa shape index (κ3) is 5.92. The van der Waals surface area contributed by atoms with Crippen molar-refractivity contribution in [2.24, 2.45) is 40.7 Å². The van der Waals surface area contributed by atoms with Gasteiger partial charge in [0, 0.05) is 47.8 Å². The number of Topliss-reactive ketones (excluding diaryl/α,β-unsaturated/α-hetero) is 1. The van der Waals surface area contributed by atoms with E-state index in [0.29, 0.717) is 24.1 Å². The molecule has 10 atom stereocenters. The van der Waals surface area contributed by atoms with Crippen LogP contribution < -0.4 is 11.1 Å². The summed E-state index contributed by atoms with van der Waals surface area (Å²) in [6.07, 6.45) is 11.5. The third-order valence-electron chi connectivity index (χ3n) is 13.8. The Bertz CT molecular complexity index is 2220. The molecule has 3 aromatic rings. The Labute approximate surface area is 323 Å². The predicted octanol–water partition coefficient (Wildman–Crippen LogP) is 4.49. The van der Waals surface area contributed by atoms with Crippen molar-refractivity contribution in [1.82, 2.24) is 4.98 Å². The molecule has 2 aromatic carbocycles. The lowest BCUT2D eigenvalue weighted by Gasteiger charge is -2.55. The van der Waals surface area contributed by atoms with Gasteiger partial charge in [0.05, 0.1) is 23.9 Å². The lowest BCUT2D eigenvalue weighted by atomic mass is 9.49. The molecule has 5 fully saturated rings. The fourth-order valence-corrected chi connectivity index (χ4v) is 10.8. The molecule has 4 N–H and O–H groups in total. The Morgan fingerprint density at radius 1 is 1.04 bits per heavy atom. The summed E-state index contributed by atoms with van der Waals surface area (Å²) in [6, 6.07) is 14.6. The fraction of sp³-hybridized carbons (Fsp3) is 0.455. The van der Waals surface area contributed by atoms with Crippen molar-refractivity contribution in [3.8, 4) is 0 Å². The van der Waals surface area contributed by atoms with E-state index in [0.717, 1.165) is 41.2 Å². The largest absolute Gasteiger partial charge is 0.461 e. The Morgan fingerprint density at radius 2 is 1.82 bits per heavy atom. The van der Waals surface area contributed by atoms with Crippen molar-refractivity contribution in [1.29, 1.82) is 0 Å². The summed E-state index contributed by atoms with van der Waals surface area (Å²) in [7, 11) is 0. The quantitative estimate of drug-likeness (QED) is 0.185. The van der Waals surface area contributed by atoms with Crippen molar-refractivity contribution >= 4 is 45.9 Å². The van der Waals surface area contributed by atoms with Gasteiger partial charge in [-0.2, -0.15) is 0 Å². The van der Waals surface area contributed by atoms with Crippen molar-refractivity contribution in [2.75, 3.05) is 18.5 Å². The van der Waals surface area contributed by atoms with Crippen LogP contribution in [0, 0.1) is 35.0 Å². The molecule has 12 nitrogen and oxygen atoms in total. The number of benzene rings is 2. The Kier molecular flexibility index (Phi) is 8.86. The number of ketones is 2. The number of carbonyl (C=O) groups is 5. The number of nitrogens with two attached hydrogens (primary N) is 1. The monoisotopic (exact) mass is 759 g/mol. The summed E-state index contributed by atoms with van der Waals surface area (Å²) in [4.78, 5) is 68.8. The molecular formula is C44H45N3O9. The van der Waals surface area contributed by atoms with Gasteiger partial charge >= 0.3 is 11.9 Å². The van der Waals surface area contributed by atoms with Gasteiger partial charge in [-0.25, -0.2) is 0 Å². The zero-order valence-electron chi connectivity index (χ0n) is 31.1. The van der Waals surface area contributed by atoms with Crippen molar-refractivity contribution in [3.63, 3.8) is 0 Å². The summed E-state index contributed by atoms with van der Waals surface area (Å²) in [6.45, 7) is 1.75. The zero-order chi connectivity index (χ0) is 39.0. The number of aliphatic hydroxyl groups excluding tert-OH is 1. The van der Waals surface area contributed by atoms with Gasteiger partial charge in [-0.1, -0.05) is 48.9 Å². The molecule has 1 saturated heterocycles. The lowest BCUT2D eigenvalue weighted by molar-refractivity contribution is -0.154. The number of nitrogens with one attached hydrogen (secondary N) is 1. The summed E-state index contributed by atoms with van der Waals surface area (Å²) in [5.74, 6) is -3.42. The van der Waals surface area contributed by atoms with Gasteiger partial charge in [0.25, 0.3) is 0 Å². The second-order valence-electron chi connectivity index (χ2n) is 16.7. The number of hydrogen-bond acceptors (Lipinski definition) is 11. The van der Waals surface area contributed by atoms with E-state index in [1.807, 2.05) is 30.3 Å². The van der Waals surface area contributed by atoms with Crippen LogP contribution in [0.4, 0.5) is 5.69 Å². The van der Waals surface area contributed by atoms with Crippen LogP contribution in [0.2, 0.25) is 0 Å². The van der Waals surface area contributed by atoms with Crippen LogP contribution in [0.1, 0.15) is 62.5 Å². The number of amides is 1. The van der Waals surface area contributed by atoms with Crippen LogP contribution >= 0.6 is 0 Å². The molecule has 2 unspecified atom stereocenters. The molecule has 1 spiro atoms. The van der Waals surface area contributed by atoms with E-state index in [-0.39, 0.29) is 54.8 Å². The normalized spacial score (nSPS) is 33.8. The molecule has 12 heteroatoms. The van der Waals surface area contributed by atoms with Gasteiger partial charge in [-0.3, -0.25) is 29.0 Å². The molecule has 2 heterocycles. The molecule has 5 aliphatic carbocycles. The van der Waals surface area contributed by atoms with Gasteiger partial charge in [0.1, 0.15) is 12.2 Å². The number of carbonyl (C=O) groups excluding carboxylic acids is 5. The van der Waals surface area contributed by atoms with E-state index in [4.69, 9.17) is 19.9 Å². The minimum atomic E-state index is -1.07. The van der Waals surface area contributed by atoms with Gasteiger partial charge in [0.2, 0.25) is 11.7 Å². The molecule has 6 aliphatic rings. The van der Waals surface area contributed by atoms with E-state index in [1.165, 1.54) is 0 Å². The average Bonchev–Trinajstić information content (AvgIpc) is 4.10. The van der Waals surface area contributed by atoms with Crippen LogP contribution in [0.15, 0.2) is 84.7 Å². The minimum absolute atomic E-state index is 0.0106. The number of anilines is 1. The first kappa shape index (κ1) is 36.6. The molecule has 0 radical (unpaired) electrons. The standard InChI is InChI=1S/C44H45N3O9/c1-42-13-10-30(48)17-28(42)7-9-31-35-11-14-43(44(35,56-43)19-36(49)38(31)42)37(50)23-55-41(53)33-18-32(33)40(52)54-22-24-2-4-25(5-3-24)34(20-45)39(51)47-29-8-6-27-21-46-15-12-26(27)16-29/h2-6,8,10,12-13,15-17,21,31-36,38,49H,7,9,11,14,18-20,22-23,45H2,1H3,(H,47,51)/t31-,32?,33?,34+,35-,36-,38+,42-,43-,44+/m0/s1. The summed E-state index contributed by atoms with van der Waals surface area (Å²) < 4.78 is 17.3. The molecule has 0 bridgehead atoms. The molecule has 1 aromatic heterocycles. The van der Waals surface area contributed by atoms with E-state index in [2.05, 4.69) is 17.2 Å². The van der Waals surface area contributed by atoms with E-state index >= 15 is 0 Å². The van der Waals surface area contributed by atoms with Crippen LogP contribution in [-0.2, 0) is 44.8 Å². The number of aliphatic hydroxyl groups is 1. The highest BCUT2D eigenvalue weighted by molar-refractivity contribution is 6.01. The Hall–Kier alpha value is -5.04. The van der Waals surface area contributed by atoms with Crippen molar-refractivity contribution < 1.29 is 43.3 Å². The third-order valence-corrected chi connectivity index (χ3v) is 13.8. The van der Waals surface area contributed by atoms with E-state index in [9.17, 15) is 29.1 Å². The highest BCUT2D eigenvalue weighted by Gasteiger charge is 2.83. The number of allylic oxidation sites excluding steroid dienone is 4. The topological polar surface area (TPSA) is 188 Å². The van der Waals surface area contributed by atoms with Gasteiger partial charge in [0.15, 0.2) is 18.0 Å². The zero-order valence-corrected chi connectivity index (χ0v) is 31.1. The second kappa shape index (κ2) is 13.6. The van der Waals surface area contributed by atoms with Gasteiger partial charge in [-0.05, 0) is 90.8 Å². The molecule has 9 rings (SSSR count). The molecule has 1 aliphatic heterocycles. The SMILES string of the molecule is C[C@]12C=CC(=O)C=C1CC[C@@H]1[C@@H]2[C@@H](O)C[C@]23O[C@]2(C(=O)COC(=O)C2CC2C(=O)OCc2ccc([C@@H](CN)C(=O)Nc4ccc5cnccc5c4)cc2)CC[C@@H]13. The van der Waals surface area contributed by atoms with Gasteiger partial charge in [-0.15, -0.1) is 0 Å². The first-order valence-electron chi connectivity index (χ1n) is 19.6. The van der Waals surface area contributed by atoms with Crippen LogP contribution in [0.3, 0.4) is 0 Å². The highest BCUT2D eigenvalue weighted by atomic mass is 16.6. The number of rotatable bonds is 11. The maximum atomic E-state index is 13.7. The van der Waals surface area contributed by atoms with Crippen LogP contribution in [0.25, 0.3) is 10.8 Å². The number of fused-ring (bicyclic) bond motifs is 5. The van der Waals surface area contributed by atoms with E-state index in [1.54, 1.807) is 48.8 Å². The van der Waals surface area contributed by atoms with Crippen molar-refractivity contribution in [3.05, 3.63) is 95.9 Å². The molecule has 56 heavy (non-hydrogen) atoms. The number of nitrogens with zero attached hydrogens (tertiary/aromatic N) is 1. The first-order chi connectivity index (χ1) is 27.0. The summed E-state index contributed by atoms with van der Waals surface area (Å²) >= 11 is 0. The average molecular weight is 760 g/mol. The molecule has 290 valence electrons. The number of aromatic nitrogens is 1. The Balaban J connectivity index is 0.746. The molecular weight excluding hydrogens is 714 g/mol. The van der Waals surface area contributed by atoms with Gasteiger partial charge < -0.3 is 30.4 Å². The van der Waals surface area contributed by atoms with E-state index < -0.39 is 59.0 Å². The summed E-state index contributed by atoms with van der Waals surface area (Å²) in [5, 5.41) is 16.4. The van der Waals surface area contributed by atoms with Crippen molar-refractivity contribution in [2.45, 2.75) is 75.3 Å². The smallest absolute Gasteiger partial charge is 0.310 e. The maximum absolute atomic E-state index is 13.7. The minimum Gasteiger partial charge on any atom is -0.461 e. The molecule has 4 saturated carbocycles. The van der Waals surface area contributed by atoms with Crippen LogP contribution in [-0.4, -0.2) is 70.0 Å². The molecule has 1 amide bonds. The lowest BCUT2D eigenvalue weighted by Crippen LogP contribution is -2.56. The number of epoxide rings is 1. The highest BCUT2D eigenvalue weighted by Crippen LogP contribution is 2.73. The number of pyridine rings is 1. The number of esters is 2. The van der Waals surface area contributed by atoms with Crippen LogP contribution in [0.5, 0.6) is 0 Å². The first-order valence-corrected chi connectivity index (χ1v) is 19.6. The second-order valence-corrected chi connectivity index (χ2v) is 16.7. The predicted molar refractivity (Wildman–Crippen MR) is 202 cm³/mol. The fourth-order valence-electron chi connectivity index (χ4n) is 10.8. The maximum Gasteiger partial charge on any atom is 0.310 e.